The summed E-state index contributed by atoms with van der Waals surface area (Å²) in [5, 5.41) is 0. The van der Waals surface area contributed by atoms with Crippen LogP contribution in [0.4, 0.5) is 17.6 Å². The zero-order chi connectivity index (χ0) is 12.6. The van der Waals surface area contributed by atoms with Gasteiger partial charge in [-0.2, -0.15) is 21.6 Å². The van der Waals surface area contributed by atoms with E-state index in [1.165, 1.54) is 0 Å². The molecule has 1 aliphatic heterocycles. The van der Waals surface area contributed by atoms with Crippen LogP contribution in [-0.2, 0) is 14.3 Å². The largest absolute Gasteiger partial charge is 0.523 e. The maximum atomic E-state index is 13.2. The molecule has 4 nitrogen and oxygen atoms in total. The highest BCUT2D eigenvalue weighted by atomic mass is 32.2. The van der Waals surface area contributed by atoms with Gasteiger partial charge in [0.2, 0.25) is 0 Å². The van der Waals surface area contributed by atoms with E-state index in [2.05, 4.69) is 4.18 Å². The number of nitrogens with zero attached hydrogens (tertiary/aromatic N) is 1. The van der Waals surface area contributed by atoms with E-state index in [-0.39, 0.29) is 13.0 Å². The molecule has 1 aliphatic rings. The van der Waals surface area contributed by atoms with E-state index in [9.17, 15) is 26.0 Å². The van der Waals surface area contributed by atoms with Crippen molar-refractivity contribution in [2.75, 3.05) is 20.1 Å². The normalized spacial score (nSPS) is 29.3. The summed E-state index contributed by atoms with van der Waals surface area (Å²) in [6.45, 7) is 0.149. The average Bonchev–Trinajstić information content (AvgIpc) is 2.08. The number of hydrogen-bond donors (Lipinski definition) is 0. The second-order valence-corrected chi connectivity index (χ2v) is 5.17. The molecule has 0 N–H and O–H groups in total. The van der Waals surface area contributed by atoms with E-state index in [1.807, 2.05) is 0 Å². The van der Waals surface area contributed by atoms with Gasteiger partial charge in [-0.25, -0.2) is 4.39 Å². The Hall–Kier alpha value is -0.410. The minimum Gasteiger partial charge on any atom is -0.303 e. The lowest BCUT2D eigenvalue weighted by molar-refractivity contribution is -0.0640. The Morgan fingerprint density at radius 3 is 2.38 bits per heavy atom. The van der Waals surface area contributed by atoms with Crippen molar-refractivity contribution in [3.8, 4) is 0 Å². The SMILES string of the molecule is CN1CCC(OS(=O)(=O)C(F)(F)F)[C@@H](F)C1. The van der Waals surface area contributed by atoms with Gasteiger partial charge in [0, 0.05) is 13.1 Å². The molecule has 0 spiro atoms. The molecule has 0 aromatic carbocycles. The lowest BCUT2D eigenvalue weighted by Crippen LogP contribution is -2.46. The van der Waals surface area contributed by atoms with Crippen molar-refractivity contribution in [1.29, 1.82) is 0 Å². The van der Waals surface area contributed by atoms with Crippen LogP contribution < -0.4 is 0 Å². The van der Waals surface area contributed by atoms with E-state index < -0.39 is 27.9 Å². The van der Waals surface area contributed by atoms with Crippen molar-refractivity contribution in [1.82, 2.24) is 4.90 Å². The molecule has 1 heterocycles. The van der Waals surface area contributed by atoms with Crippen LogP contribution >= 0.6 is 0 Å². The fourth-order valence-electron chi connectivity index (χ4n) is 1.36. The second-order valence-electron chi connectivity index (χ2n) is 3.60. The summed E-state index contributed by atoms with van der Waals surface area (Å²) in [5.41, 5.74) is -5.50. The first-order valence-electron chi connectivity index (χ1n) is 4.45. The zero-order valence-corrected chi connectivity index (χ0v) is 9.18. The van der Waals surface area contributed by atoms with Gasteiger partial charge in [-0.05, 0) is 13.5 Å². The highest BCUT2D eigenvalue weighted by molar-refractivity contribution is 7.87. The predicted molar refractivity (Wildman–Crippen MR) is 46.9 cm³/mol. The van der Waals surface area contributed by atoms with E-state index in [0.29, 0.717) is 6.54 Å². The summed E-state index contributed by atoms with van der Waals surface area (Å²) < 4.78 is 74.1. The van der Waals surface area contributed by atoms with Crippen LogP contribution in [0.3, 0.4) is 0 Å². The number of halogens is 4. The van der Waals surface area contributed by atoms with Gasteiger partial charge in [0.15, 0.2) is 0 Å². The maximum absolute atomic E-state index is 13.2. The summed E-state index contributed by atoms with van der Waals surface area (Å²) in [7, 11) is -4.12. The molecule has 16 heavy (non-hydrogen) atoms. The molecule has 0 amide bonds. The van der Waals surface area contributed by atoms with Gasteiger partial charge in [-0.1, -0.05) is 0 Å². The maximum Gasteiger partial charge on any atom is 0.523 e. The van der Waals surface area contributed by atoms with Crippen molar-refractivity contribution in [2.45, 2.75) is 24.2 Å². The van der Waals surface area contributed by atoms with Crippen molar-refractivity contribution in [3.63, 3.8) is 0 Å². The van der Waals surface area contributed by atoms with Gasteiger partial charge in [-0.3, -0.25) is 4.18 Å². The van der Waals surface area contributed by atoms with E-state index in [0.717, 1.165) is 0 Å². The molecular formula is C7H11F4NO3S. The van der Waals surface area contributed by atoms with Gasteiger partial charge >= 0.3 is 15.6 Å². The molecule has 9 heteroatoms. The molecule has 0 aromatic heterocycles. The Morgan fingerprint density at radius 1 is 1.38 bits per heavy atom. The predicted octanol–water partition coefficient (Wildman–Crippen LogP) is 0.895. The van der Waals surface area contributed by atoms with Gasteiger partial charge in [0.1, 0.15) is 12.3 Å². The highest BCUT2D eigenvalue weighted by Gasteiger charge is 2.49. The number of likely N-dealkylation sites (tertiary alicyclic amines) is 1. The van der Waals surface area contributed by atoms with Crippen LogP contribution in [0, 0.1) is 0 Å². The molecule has 0 aromatic rings. The van der Waals surface area contributed by atoms with Gasteiger partial charge in [0.05, 0.1) is 0 Å². The molecule has 0 saturated carbocycles. The molecule has 0 aliphatic carbocycles. The van der Waals surface area contributed by atoms with Crippen LogP contribution in [0.1, 0.15) is 6.42 Å². The Kier molecular flexibility index (Phi) is 3.80. The third-order valence-corrected chi connectivity index (χ3v) is 3.29. The Bertz CT molecular complexity index is 342. The number of alkyl halides is 4. The first-order valence-corrected chi connectivity index (χ1v) is 5.86. The minimum absolute atomic E-state index is 0.0903. The minimum atomic E-state index is -5.71. The van der Waals surface area contributed by atoms with Gasteiger partial charge in [0.25, 0.3) is 0 Å². The van der Waals surface area contributed by atoms with Gasteiger partial charge in [-0.15, -0.1) is 0 Å². The molecule has 0 radical (unpaired) electrons. The van der Waals surface area contributed by atoms with Crippen molar-refractivity contribution < 1.29 is 30.2 Å². The Labute approximate surface area is 90.3 Å². The monoisotopic (exact) mass is 265 g/mol. The third-order valence-electron chi connectivity index (χ3n) is 2.22. The lowest BCUT2D eigenvalue weighted by Gasteiger charge is -2.31. The smallest absolute Gasteiger partial charge is 0.303 e. The van der Waals surface area contributed by atoms with Crippen LogP contribution in [0.5, 0.6) is 0 Å². The number of rotatable bonds is 2. The van der Waals surface area contributed by atoms with Crippen molar-refractivity contribution >= 4 is 10.1 Å². The zero-order valence-electron chi connectivity index (χ0n) is 8.37. The van der Waals surface area contributed by atoms with Crippen LogP contribution in [0.2, 0.25) is 0 Å². The molecule has 1 saturated heterocycles. The summed E-state index contributed by atoms with van der Waals surface area (Å²) in [5.74, 6) is 0. The molecule has 96 valence electrons. The second kappa shape index (κ2) is 4.46. The number of piperidine rings is 1. The fraction of sp³-hybridized carbons (Fsp3) is 1.00. The first kappa shape index (κ1) is 13.7. The van der Waals surface area contributed by atoms with E-state index in [1.54, 1.807) is 11.9 Å². The Morgan fingerprint density at radius 2 is 1.94 bits per heavy atom. The third kappa shape index (κ3) is 3.05. The van der Waals surface area contributed by atoms with Crippen LogP contribution in [-0.4, -0.2) is 51.2 Å². The van der Waals surface area contributed by atoms with Crippen LogP contribution in [0.25, 0.3) is 0 Å². The van der Waals surface area contributed by atoms with Gasteiger partial charge < -0.3 is 4.90 Å². The summed E-state index contributed by atoms with van der Waals surface area (Å²) in [4.78, 5) is 1.55. The molecule has 1 rings (SSSR count). The standard InChI is InChI=1S/C7H11F4NO3S/c1-12-3-2-6(5(8)4-12)15-16(13,14)7(9,10)11/h5-6H,2-4H2,1H3/t5-,6?/m0/s1. The van der Waals surface area contributed by atoms with Crippen molar-refractivity contribution in [3.05, 3.63) is 0 Å². The topological polar surface area (TPSA) is 46.6 Å². The lowest BCUT2D eigenvalue weighted by atomic mass is 10.1. The van der Waals surface area contributed by atoms with E-state index >= 15 is 0 Å². The summed E-state index contributed by atoms with van der Waals surface area (Å²) >= 11 is 0. The fourth-order valence-corrected chi connectivity index (χ4v) is 2.01. The molecule has 2 atom stereocenters. The van der Waals surface area contributed by atoms with Crippen LogP contribution in [0.15, 0.2) is 0 Å². The summed E-state index contributed by atoms with van der Waals surface area (Å²) in [6.07, 6.45) is -3.38. The number of hydrogen-bond acceptors (Lipinski definition) is 4. The average molecular weight is 265 g/mol. The van der Waals surface area contributed by atoms with E-state index in [4.69, 9.17) is 0 Å². The molecule has 1 fully saturated rings. The molecule has 0 bridgehead atoms. The Balaban J connectivity index is 2.68. The summed E-state index contributed by atoms with van der Waals surface area (Å²) in [6, 6.07) is 0. The van der Waals surface area contributed by atoms with Crippen molar-refractivity contribution in [2.24, 2.45) is 0 Å². The quantitative estimate of drug-likeness (QED) is 0.423. The molecule has 1 unspecified atom stereocenters. The first-order chi connectivity index (χ1) is 7.13. The molecular weight excluding hydrogens is 254 g/mol. The highest BCUT2D eigenvalue weighted by Crippen LogP contribution is 2.28.